The fraction of sp³-hybridized carbons (Fsp3) is 0.333. The lowest BCUT2D eigenvalue weighted by molar-refractivity contribution is 0.00634. The molecule has 166 valence electrons. The predicted molar refractivity (Wildman–Crippen MR) is 123 cm³/mol. The fourth-order valence-electron chi connectivity index (χ4n) is 4.61. The van der Waals surface area contributed by atoms with Gasteiger partial charge in [-0.3, -0.25) is 0 Å². The van der Waals surface area contributed by atoms with Gasteiger partial charge in [0.15, 0.2) is 0 Å². The smallest absolute Gasteiger partial charge is 0.344 e. The molecule has 0 saturated carbocycles. The fourth-order valence-corrected chi connectivity index (χ4v) is 4.74. The molecule has 3 aromatic rings. The van der Waals surface area contributed by atoms with Crippen molar-refractivity contribution in [2.75, 3.05) is 33.2 Å². The molecule has 2 saturated heterocycles. The second kappa shape index (κ2) is 8.94. The number of aromatic nitrogens is 2. The number of likely N-dealkylation sites (tertiary alicyclic amines) is 1. The van der Waals surface area contributed by atoms with E-state index in [1.54, 1.807) is 6.20 Å². The van der Waals surface area contributed by atoms with Crippen LogP contribution in [0.3, 0.4) is 0 Å². The number of carbonyl (C=O) groups excluding carboxylic acids is 1. The van der Waals surface area contributed by atoms with Crippen LogP contribution in [-0.4, -0.2) is 64.0 Å². The van der Waals surface area contributed by atoms with E-state index in [0.717, 1.165) is 44.2 Å². The number of fused-ring (bicyclic) bond motifs is 1. The molecule has 2 aromatic carbocycles. The lowest BCUT2D eigenvalue weighted by Gasteiger charge is -2.30. The van der Waals surface area contributed by atoms with Crippen molar-refractivity contribution in [3.8, 4) is 11.5 Å². The molecule has 0 unspecified atom stereocenters. The third-order valence-corrected chi connectivity index (χ3v) is 6.48. The third-order valence-electron chi connectivity index (χ3n) is 6.28. The second-order valence-electron chi connectivity index (χ2n) is 8.56. The largest absolute Gasteiger partial charge is 0.457 e. The van der Waals surface area contributed by atoms with Gasteiger partial charge >= 0.3 is 6.03 Å². The van der Waals surface area contributed by atoms with E-state index in [9.17, 15) is 4.79 Å². The molecule has 2 aliphatic heterocycles. The summed E-state index contributed by atoms with van der Waals surface area (Å²) in [4.78, 5) is 14.5. The minimum Gasteiger partial charge on any atom is -0.457 e. The molecular formula is C24H26ClN5O2. The summed E-state index contributed by atoms with van der Waals surface area (Å²) in [6.07, 6.45) is 3.06. The van der Waals surface area contributed by atoms with Crippen molar-refractivity contribution in [2.24, 2.45) is 11.8 Å². The van der Waals surface area contributed by atoms with Crippen LogP contribution in [-0.2, 0) is 6.54 Å². The monoisotopic (exact) mass is 451 g/mol. The first-order valence-electron chi connectivity index (χ1n) is 10.8. The third kappa shape index (κ3) is 4.50. The first-order valence-corrected chi connectivity index (χ1v) is 11.2. The summed E-state index contributed by atoms with van der Waals surface area (Å²) in [5, 5.41) is 9.20. The van der Waals surface area contributed by atoms with Crippen LogP contribution in [0.25, 0.3) is 0 Å². The average molecular weight is 452 g/mol. The van der Waals surface area contributed by atoms with E-state index >= 15 is 0 Å². The van der Waals surface area contributed by atoms with Crippen LogP contribution in [0.4, 0.5) is 4.79 Å². The van der Waals surface area contributed by atoms with Crippen LogP contribution in [0.2, 0.25) is 5.02 Å². The lowest BCUT2D eigenvalue weighted by Crippen LogP contribution is -2.41. The number of hydrogen-bond donors (Lipinski definition) is 0. The Balaban J connectivity index is 1.13. The summed E-state index contributed by atoms with van der Waals surface area (Å²) in [6, 6.07) is 18.0. The van der Waals surface area contributed by atoms with Crippen LogP contribution in [0.5, 0.6) is 11.5 Å². The summed E-state index contributed by atoms with van der Waals surface area (Å²) in [7, 11) is 2.13. The second-order valence-corrected chi connectivity index (χ2v) is 8.99. The van der Waals surface area contributed by atoms with Gasteiger partial charge in [0.05, 0.1) is 17.4 Å². The quantitative estimate of drug-likeness (QED) is 0.581. The van der Waals surface area contributed by atoms with Crippen molar-refractivity contribution >= 4 is 17.6 Å². The van der Waals surface area contributed by atoms with E-state index in [1.807, 2.05) is 47.4 Å². The maximum Gasteiger partial charge on any atom is 0.344 e. The Bertz CT molecular complexity index is 1060. The van der Waals surface area contributed by atoms with Crippen molar-refractivity contribution in [3.05, 3.63) is 77.6 Å². The highest BCUT2D eigenvalue weighted by molar-refractivity contribution is 6.30. The SMILES string of the molecule is CN(Cc1ccc(Oc2ccccc2)cc1)N1C[C@H]2CN(C(=O)n3cc(Cl)cn3)C[C@H]2C1. The van der Waals surface area contributed by atoms with Crippen LogP contribution < -0.4 is 4.74 Å². The number of halogens is 1. The average Bonchev–Trinajstić information content (AvgIpc) is 3.50. The van der Waals surface area contributed by atoms with Gasteiger partial charge in [-0.1, -0.05) is 41.9 Å². The van der Waals surface area contributed by atoms with Crippen LogP contribution in [0.1, 0.15) is 5.56 Å². The van der Waals surface area contributed by atoms with Gasteiger partial charge in [-0.15, -0.1) is 0 Å². The Morgan fingerprint density at radius 3 is 2.31 bits per heavy atom. The Kier molecular flexibility index (Phi) is 5.87. The molecule has 0 spiro atoms. The molecule has 7 nitrogen and oxygen atoms in total. The van der Waals surface area contributed by atoms with Crippen molar-refractivity contribution in [1.29, 1.82) is 0 Å². The molecule has 5 rings (SSSR count). The minimum absolute atomic E-state index is 0.0935. The molecule has 8 heteroatoms. The Morgan fingerprint density at radius 1 is 1.03 bits per heavy atom. The highest BCUT2D eigenvalue weighted by Crippen LogP contribution is 2.32. The van der Waals surface area contributed by atoms with E-state index < -0.39 is 0 Å². The molecule has 0 aliphatic carbocycles. The molecule has 0 bridgehead atoms. The van der Waals surface area contributed by atoms with Crippen molar-refractivity contribution in [1.82, 2.24) is 24.7 Å². The van der Waals surface area contributed by atoms with Gasteiger partial charge in [-0.05, 0) is 41.7 Å². The number of ether oxygens (including phenoxy) is 1. The number of nitrogens with zero attached hydrogens (tertiary/aromatic N) is 5. The summed E-state index contributed by atoms with van der Waals surface area (Å²) in [5.74, 6) is 2.63. The number of rotatable bonds is 5. The van der Waals surface area contributed by atoms with Crippen molar-refractivity contribution < 1.29 is 9.53 Å². The van der Waals surface area contributed by atoms with E-state index in [0.29, 0.717) is 16.9 Å². The zero-order valence-corrected chi connectivity index (χ0v) is 18.7. The number of hydrogen-bond acceptors (Lipinski definition) is 5. The normalized spacial score (nSPS) is 20.7. The van der Waals surface area contributed by atoms with Gasteiger partial charge in [-0.2, -0.15) is 9.78 Å². The maximum absolute atomic E-state index is 12.6. The highest BCUT2D eigenvalue weighted by Gasteiger charge is 2.43. The maximum atomic E-state index is 12.6. The van der Waals surface area contributed by atoms with Gasteiger partial charge in [0.1, 0.15) is 11.5 Å². The Labute approximate surface area is 192 Å². The van der Waals surface area contributed by atoms with Gasteiger partial charge in [0, 0.05) is 39.8 Å². The first kappa shape index (κ1) is 21.0. The molecule has 2 atom stereocenters. The molecule has 1 aromatic heterocycles. The number of carbonyl (C=O) groups is 1. The van der Waals surface area contributed by atoms with Gasteiger partial charge in [-0.25, -0.2) is 14.8 Å². The van der Waals surface area contributed by atoms with Gasteiger partial charge in [0.25, 0.3) is 0 Å². The number of amides is 1. The van der Waals surface area contributed by atoms with Crippen LogP contribution >= 0.6 is 11.6 Å². The highest BCUT2D eigenvalue weighted by atomic mass is 35.5. The topological polar surface area (TPSA) is 53.8 Å². The Morgan fingerprint density at radius 2 is 1.69 bits per heavy atom. The molecule has 32 heavy (non-hydrogen) atoms. The zero-order valence-electron chi connectivity index (χ0n) is 18.0. The van der Waals surface area contributed by atoms with E-state index in [2.05, 4.69) is 34.3 Å². The summed E-state index contributed by atoms with van der Waals surface area (Å²) >= 11 is 5.90. The summed E-state index contributed by atoms with van der Waals surface area (Å²) < 4.78 is 7.21. The van der Waals surface area contributed by atoms with E-state index in [4.69, 9.17) is 16.3 Å². The minimum atomic E-state index is -0.0935. The van der Waals surface area contributed by atoms with Crippen LogP contribution in [0.15, 0.2) is 67.0 Å². The number of para-hydroxylation sites is 1. The standard InChI is InChI=1S/C24H26ClN5O2/c1-27(12-18-7-9-23(10-8-18)32-22-5-3-2-4-6-22)29-15-19-13-28(14-20(19)16-29)24(31)30-17-21(25)11-26-30/h2-11,17,19-20H,12-16H2,1H3/t19-,20+. The van der Waals surface area contributed by atoms with Crippen molar-refractivity contribution in [2.45, 2.75) is 6.54 Å². The van der Waals surface area contributed by atoms with Gasteiger partial charge in [0.2, 0.25) is 0 Å². The number of hydrazine groups is 1. The van der Waals surface area contributed by atoms with E-state index in [-0.39, 0.29) is 6.03 Å². The van der Waals surface area contributed by atoms with E-state index in [1.165, 1.54) is 16.4 Å². The van der Waals surface area contributed by atoms with Crippen LogP contribution in [0, 0.1) is 11.8 Å². The molecule has 1 amide bonds. The predicted octanol–water partition coefficient (Wildman–Crippen LogP) is 4.21. The number of benzene rings is 2. The molecule has 0 radical (unpaired) electrons. The van der Waals surface area contributed by atoms with Crippen molar-refractivity contribution in [3.63, 3.8) is 0 Å². The molecule has 3 heterocycles. The Hall–Kier alpha value is -2.87. The molecule has 2 fully saturated rings. The summed E-state index contributed by atoms with van der Waals surface area (Å²) in [6.45, 7) is 4.27. The zero-order chi connectivity index (χ0) is 22.1. The van der Waals surface area contributed by atoms with Gasteiger partial charge < -0.3 is 9.64 Å². The first-order chi connectivity index (χ1) is 15.5. The molecule has 0 N–H and O–H groups in total. The molecular weight excluding hydrogens is 426 g/mol. The summed E-state index contributed by atoms with van der Waals surface area (Å²) in [5.41, 5.74) is 1.23. The lowest BCUT2D eigenvalue weighted by atomic mass is 10.0. The molecule has 2 aliphatic rings.